The molecule has 0 radical (unpaired) electrons. The quantitative estimate of drug-likeness (QED) is 0.491. The fourth-order valence-electron chi connectivity index (χ4n) is 2.60. The zero-order chi connectivity index (χ0) is 15.9. The lowest BCUT2D eigenvalue weighted by Crippen LogP contribution is -2.20. The molecule has 0 bridgehead atoms. The summed E-state index contributed by atoms with van der Waals surface area (Å²) in [6.07, 6.45) is 8.11. The summed E-state index contributed by atoms with van der Waals surface area (Å²) in [5, 5.41) is 14.6. The summed E-state index contributed by atoms with van der Waals surface area (Å²) in [6, 6.07) is 0.231. The van der Waals surface area contributed by atoms with Gasteiger partial charge in [-0.15, -0.1) is 0 Å². The molecule has 22 heavy (non-hydrogen) atoms. The predicted molar refractivity (Wildman–Crippen MR) is 84.1 cm³/mol. The molecule has 0 aliphatic heterocycles. The lowest BCUT2D eigenvalue weighted by molar-refractivity contribution is -0.385. The molecular formula is C15H24N4O3. The molecule has 0 amide bonds. The van der Waals surface area contributed by atoms with Gasteiger partial charge in [0.25, 0.3) is 5.88 Å². The van der Waals surface area contributed by atoms with E-state index < -0.39 is 4.92 Å². The maximum absolute atomic E-state index is 11.4. The van der Waals surface area contributed by atoms with Crippen molar-refractivity contribution in [2.75, 3.05) is 11.9 Å². The molecule has 1 aromatic rings. The van der Waals surface area contributed by atoms with Crippen LogP contribution in [-0.4, -0.2) is 27.5 Å². The van der Waals surface area contributed by atoms with Crippen LogP contribution in [0.15, 0.2) is 6.33 Å². The Balaban J connectivity index is 2.18. The summed E-state index contributed by atoms with van der Waals surface area (Å²) >= 11 is 0. The molecule has 1 fully saturated rings. The lowest BCUT2D eigenvalue weighted by Gasteiger charge is -2.17. The van der Waals surface area contributed by atoms with Crippen molar-refractivity contribution in [3.05, 3.63) is 16.4 Å². The average molecular weight is 308 g/mol. The zero-order valence-corrected chi connectivity index (χ0v) is 13.2. The Morgan fingerprint density at radius 1 is 1.32 bits per heavy atom. The van der Waals surface area contributed by atoms with Gasteiger partial charge in [0.05, 0.1) is 11.5 Å². The van der Waals surface area contributed by atoms with Crippen LogP contribution in [0.5, 0.6) is 5.88 Å². The molecule has 0 spiro atoms. The number of nitrogens with one attached hydrogen (secondary N) is 1. The van der Waals surface area contributed by atoms with Gasteiger partial charge in [-0.1, -0.05) is 39.5 Å². The van der Waals surface area contributed by atoms with E-state index >= 15 is 0 Å². The number of nitro groups is 1. The summed E-state index contributed by atoms with van der Waals surface area (Å²) in [4.78, 5) is 18.9. The van der Waals surface area contributed by atoms with E-state index in [1.165, 1.54) is 19.2 Å². The SMILES string of the molecule is CC(C)COc1ncnc(NC2CCCCCC2)c1[N+](=O)[O-]. The van der Waals surface area contributed by atoms with Gasteiger partial charge in [0.2, 0.25) is 5.82 Å². The molecule has 0 atom stereocenters. The van der Waals surface area contributed by atoms with Crippen LogP contribution in [0.25, 0.3) is 0 Å². The van der Waals surface area contributed by atoms with Crippen LogP contribution in [0, 0.1) is 16.0 Å². The minimum Gasteiger partial charge on any atom is -0.472 e. The lowest BCUT2D eigenvalue weighted by atomic mass is 10.1. The number of rotatable bonds is 6. The van der Waals surface area contributed by atoms with Crippen molar-refractivity contribution < 1.29 is 9.66 Å². The number of hydrogen-bond acceptors (Lipinski definition) is 6. The standard InChI is InChI=1S/C15H24N4O3/c1-11(2)9-22-15-13(19(20)21)14(16-10-17-15)18-12-7-5-3-4-6-8-12/h10-12H,3-9H2,1-2H3,(H,16,17,18). The highest BCUT2D eigenvalue weighted by Crippen LogP contribution is 2.32. The first kappa shape index (κ1) is 16.5. The van der Waals surface area contributed by atoms with Gasteiger partial charge in [-0.25, -0.2) is 4.98 Å². The molecule has 0 saturated heterocycles. The van der Waals surface area contributed by atoms with Gasteiger partial charge in [-0.3, -0.25) is 10.1 Å². The smallest absolute Gasteiger partial charge is 0.372 e. The normalized spacial score (nSPS) is 16.3. The van der Waals surface area contributed by atoms with Crippen molar-refractivity contribution in [3.8, 4) is 5.88 Å². The molecule has 1 aromatic heterocycles. The minimum absolute atomic E-state index is 0.0461. The largest absolute Gasteiger partial charge is 0.472 e. The number of ether oxygens (including phenoxy) is 1. The summed E-state index contributed by atoms with van der Waals surface area (Å²) in [7, 11) is 0. The monoisotopic (exact) mass is 308 g/mol. The van der Waals surface area contributed by atoms with Crippen LogP contribution in [0.4, 0.5) is 11.5 Å². The summed E-state index contributed by atoms with van der Waals surface area (Å²) in [6.45, 7) is 4.36. The molecular weight excluding hydrogens is 284 g/mol. The van der Waals surface area contributed by atoms with Gasteiger partial charge in [-0.2, -0.15) is 4.98 Å². The van der Waals surface area contributed by atoms with Crippen molar-refractivity contribution in [2.24, 2.45) is 5.92 Å². The highest BCUT2D eigenvalue weighted by atomic mass is 16.6. The second-order valence-electron chi connectivity index (χ2n) is 6.17. The Bertz CT molecular complexity index is 500. The Labute approximate surface area is 130 Å². The Hall–Kier alpha value is -1.92. The van der Waals surface area contributed by atoms with Crippen LogP contribution in [0.2, 0.25) is 0 Å². The predicted octanol–water partition coefficient (Wildman–Crippen LogP) is 3.55. The molecule has 1 saturated carbocycles. The van der Waals surface area contributed by atoms with E-state index in [9.17, 15) is 10.1 Å². The number of nitrogens with zero attached hydrogens (tertiary/aromatic N) is 3. The van der Waals surface area contributed by atoms with Crippen LogP contribution in [-0.2, 0) is 0 Å². The number of hydrogen-bond donors (Lipinski definition) is 1. The molecule has 1 aliphatic rings. The van der Waals surface area contributed by atoms with Crippen molar-refractivity contribution >= 4 is 11.5 Å². The number of anilines is 1. The molecule has 1 aliphatic carbocycles. The second kappa shape index (κ2) is 7.91. The van der Waals surface area contributed by atoms with Gasteiger partial charge >= 0.3 is 5.69 Å². The molecule has 0 aromatic carbocycles. The van der Waals surface area contributed by atoms with Crippen molar-refractivity contribution in [2.45, 2.75) is 58.4 Å². The molecule has 7 heteroatoms. The van der Waals surface area contributed by atoms with Crippen molar-refractivity contribution in [1.82, 2.24) is 9.97 Å². The van der Waals surface area contributed by atoms with Crippen molar-refractivity contribution in [3.63, 3.8) is 0 Å². The van der Waals surface area contributed by atoms with Crippen LogP contribution in [0.1, 0.15) is 52.4 Å². The zero-order valence-electron chi connectivity index (χ0n) is 13.2. The third kappa shape index (κ3) is 4.54. The minimum atomic E-state index is -0.464. The van der Waals surface area contributed by atoms with E-state index in [0.29, 0.717) is 6.61 Å². The van der Waals surface area contributed by atoms with Crippen LogP contribution < -0.4 is 10.1 Å². The summed E-state index contributed by atoms with van der Waals surface area (Å²) in [5.41, 5.74) is -0.160. The maximum Gasteiger partial charge on any atom is 0.372 e. The van der Waals surface area contributed by atoms with Crippen LogP contribution >= 0.6 is 0 Å². The highest BCUT2D eigenvalue weighted by molar-refractivity contribution is 5.61. The van der Waals surface area contributed by atoms with E-state index in [0.717, 1.165) is 25.7 Å². The van der Waals surface area contributed by atoms with Gasteiger partial charge < -0.3 is 10.1 Å². The molecule has 1 N–H and O–H groups in total. The fraction of sp³-hybridized carbons (Fsp3) is 0.733. The maximum atomic E-state index is 11.4. The molecule has 122 valence electrons. The Kier molecular flexibility index (Phi) is 5.91. The Morgan fingerprint density at radius 3 is 2.59 bits per heavy atom. The van der Waals surface area contributed by atoms with E-state index in [2.05, 4.69) is 15.3 Å². The van der Waals surface area contributed by atoms with E-state index in [-0.39, 0.29) is 29.3 Å². The highest BCUT2D eigenvalue weighted by Gasteiger charge is 2.26. The van der Waals surface area contributed by atoms with E-state index in [1.54, 1.807) is 0 Å². The average Bonchev–Trinajstić information content (AvgIpc) is 2.73. The first-order chi connectivity index (χ1) is 10.6. The second-order valence-corrected chi connectivity index (χ2v) is 6.17. The van der Waals surface area contributed by atoms with E-state index in [4.69, 9.17) is 4.74 Å². The van der Waals surface area contributed by atoms with E-state index in [1.807, 2.05) is 13.8 Å². The third-order valence-corrected chi connectivity index (χ3v) is 3.72. The topological polar surface area (TPSA) is 90.2 Å². The third-order valence-electron chi connectivity index (χ3n) is 3.72. The van der Waals surface area contributed by atoms with Crippen molar-refractivity contribution in [1.29, 1.82) is 0 Å². The summed E-state index contributed by atoms with van der Waals surface area (Å²) in [5.74, 6) is 0.586. The summed E-state index contributed by atoms with van der Waals surface area (Å²) < 4.78 is 5.48. The molecule has 7 nitrogen and oxygen atoms in total. The Morgan fingerprint density at radius 2 is 2.00 bits per heavy atom. The van der Waals surface area contributed by atoms with Crippen LogP contribution in [0.3, 0.4) is 0 Å². The fourth-order valence-corrected chi connectivity index (χ4v) is 2.60. The number of aromatic nitrogens is 2. The first-order valence-electron chi connectivity index (χ1n) is 7.96. The van der Waals surface area contributed by atoms with Gasteiger partial charge in [0, 0.05) is 6.04 Å². The van der Waals surface area contributed by atoms with Gasteiger partial charge in [0.15, 0.2) is 0 Å². The molecule has 0 unspecified atom stereocenters. The van der Waals surface area contributed by atoms with Gasteiger partial charge in [-0.05, 0) is 18.8 Å². The van der Waals surface area contributed by atoms with Gasteiger partial charge in [0.1, 0.15) is 6.33 Å². The molecule has 2 rings (SSSR count). The first-order valence-corrected chi connectivity index (χ1v) is 7.96. The molecule has 1 heterocycles.